The fourth-order valence-electron chi connectivity index (χ4n) is 9.01. The van der Waals surface area contributed by atoms with Gasteiger partial charge >= 0.3 is 17.9 Å². The lowest BCUT2D eigenvalue weighted by Gasteiger charge is -2.18. The van der Waals surface area contributed by atoms with Gasteiger partial charge in [-0.3, -0.25) is 14.4 Å². The van der Waals surface area contributed by atoms with E-state index in [0.717, 1.165) is 109 Å². The first-order valence-electron chi connectivity index (χ1n) is 32.2. The van der Waals surface area contributed by atoms with Crippen molar-refractivity contribution in [2.75, 3.05) is 13.2 Å². The summed E-state index contributed by atoms with van der Waals surface area (Å²) in [6.45, 7) is 6.47. The molecule has 1 atom stereocenters. The highest BCUT2D eigenvalue weighted by atomic mass is 16.6. The van der Waals surface area contributed by atoms with E-state index in [9.17, 15) is 14.4 Å². The van der Waals surface area contributed by atoms with Gasteiger partial charge in [0.05, 0.1) is 0 Å². The molecular formula is C70H120O6. The summed E-state index contributed by atoms with van der Waals surface area (Å²) in [4.78, 5) is 38.0. The summed E-state index contributed by atoms with van der Waals surface area (Å²) < 4.78 is 16.8. The minimum Gasteiger partial charge on any atom is -0.462 e. The van der Waals surface area contributed by atoms with Crippen molar-refractivity contribution in [1.82, 2.24) is 0 Å². The van der Waals surface area contributed by atoms with E-state index in [4.69, 9.17) is 14.2 Å². The van der Waals surface area contributed by atoms with Gasteiger partial charge < -0.3 is 14.2 Å². The maximum atomic E-state index is 12.8. The molecule has 6 nitrogen and oxygen atoms in total. The predicted molar refractivity (Wildman–Crippen MR) is 330 cm³/mol. The zero-order valence-corrected chi connectivity index (χ0v) is 50.0. The standard InChI is InChI=1S/C70H120O6/c1-4-7-10-13-16-18-20-22-24-26-28-30-32-33-34-35-36-37-39-40-42-44-46-48-50-52-54-57-60-63-69(72)75-66-67(65-74-68(71)62-59-56-15-12-9-6-3)76-70(73)64-61-58-55-53-51-49-47-45-43-41-38-31-29-27-25-23-21-19-17-14-11-8-5-2/h7,10,16,18,21-24,27-30,33-34,38,41,67H,4-6,8-9,11-15,17,19-20,25-26,31-32,35-37,39-40,42-66H2,1-3H3/b10-7-,18-16-,23-21-,24-22-,29-27-,30-28-,34-33-,41-38-. The molecule has 0 bridgehead atoms. The van der Waals surface area contributed by atoms with Crippen molar-refractivity contribution in [1.29, 1.82) is 0 Å². The number of hydrogen-bond donors (Lipinski definition) is 0. The number of unbranched alkanes of at least 4 members (excludes halogenated alkanes) is 31. The van der Waals surface area contributed by atoms with Crippen molar-refractivity contribution in [2.24, 2.45) is 0 Å². The van der Waals surface area contributed by atoms with Crippen molar-refractivity contribution in [3.63, 3.8) is 0 Å². The van der Waals surface area contributed by atoms with Crippen LogP contribution in [-0.2, 0) is 28.6 Å². The zero-order chi connectivity index (χ0) is 55.0. The van der Waals surface area contributed by atoms with Gasteiger partial charge in [-0.2, -0.15) is 0 Å². The molecule has 0 saturated carbocycles. The van der Waals surface area contributed by atoms with Crippen molar-refractivity contribution in [3.05, 3.63) is 97.2 Å². The lowest BCUT2D eigenvalue weighted by Crippen LogP contribution is -2.30. The molecule has 6 heteroatoms. The fraction of sp³-hybridized carbons (Fsp3) is 0.729. The summed E-state index contributed by atoms with van der Waals surface area (Å²) in [7, 11) is 0. The van der Waals surface area contributed by atoms with Gasteiger partial charge in [0.2, 0.25) is 0 Å². The highest BCUT2D eigenvalue weighted by molar-refractivity contribution is 5.71. The molecular weight excluding hydrogens is 937 g/mol. The van der Waals surface area contributed by atoms with Crippen LogP contribution in [0.1, 0.15) is 310 Å². The monoisotopic (exact) mass is 1060 g/mol. The Morgan fingerprint density at radius 1 is 0.276 bits per heavy atom. The fourth-order valence-corrected chi connectivity index (χ4v) is 9.01. The first-order chi connectivity index (χ1) is 37.5. The van der Waals surface area contributed by atoms with Crippen LogP contribution in [0, 0.1) is 0 Å². The van der Waals surface area contributed by atoms with E-state index in [1.54, 1.807) is 0 Å². The van der Waals surface area contributed by atoms with Crippen LogP contribution in [0.25, 0.3) is 0 Å². The van der Waals surface area contributed by atoms with Crippen LogP contribution < -0.4 is 0 Å². The topological polar surface area (TPSA) is 78.9 Å². The molecule has 0 spiro atoms. The van der Waals surface area contributed by atoms with E-state index in [-0.39, 0.29) is 31.1 Å². The third-order valence-corrected chi connectivity index (χ3v) is 13.8. The second-order valence-corrected chi connectivity index (χ2v) is 21.3. The Labute approximate surface area is 470 Å². The average molecular weight is 1060 g/mol. The largest absolute Gasteiger partial charge is 0.462 e. The van der Waals surface area contributed by atoms with Gasteiger partial charge in [-0.05, 0) is 103 Å². The van der Waals surface area contributed by atoms with E-state index >= 15 is 0 Å². The summed E-state index contributed by atoms with van der Waals surface area (Å²) in [5, 5.41) is 0. The van der Waals surface area contributed by atoms with Crippen molar-refractivity contribution < 1.29 is 28.6 Å². The SMILES string of the molecule is CC/C=C\C/C=C\C/C=C\C/C=C\C/C=C\CCCCCCCCCCCCCCCC(=O)OCC(COC(=O)CCCCCCCC)OC(=O)CCCCCCCCCC/C=C\C/C=C\C/C=C\CCCCCCC. The number of ether oxygens (including phenoxy) is 3. The average Bonchev–Trinajstić information content (AvgIpc) is 3.42. The van der Waals surface area contributed by atoms with E-state index in [1.807, 2.05) is 0 Å². The molecule has 0 aromatic carbocycles. The normalized spacial score (nSPS) is 12.7. The summed E-state index contributed by atoms with van der Waals surface area (Å²) >= 11 is 0. The second-order valence-electron chi connectivity index (χ2n) is 21.3. The maximum Gasteiger partial charge on any atom is 0.306 e. The van der Waals surface area contributed by atoms with Crippen LogP contribution in [-0.4, -0.2) is 37.2 Å². The number of carbonyl (C=O) groups is 3. The molecule has 0 heterocycles. The van der Waals surface area contributed by atoms with Gasteiger partial charge in [0.25, 0.3) is 0 Å². The summed E-state index contributed by atoms with van der Waals surface area (Å²) in [6.07, 6.45) is 85.9. The molecule has 0 aliphatic rings. The van der Waals surface area contributed by atoms with Crippen LogP contribution in [0.4, 0.5) is 0 Å². The summed E-state index contributed by atoms with van der Waals surface area (Å²) in [6, 6.07) is 0. The Morgan fingerprint density at radius 3 is 0.803 bits per heavy atom. The molecule has 0 aromatic rings. The minimum absolute atomic E-state index is 0.0792. The highest BCUT2D eigenvalue weighted by Crippen LogP contribution is 2.16. The minimum atomic E-state index is -0.779. The molecule has 0 aliphatic carbocycles. The number of carbonyl (C=O) groups excluding carboxylic acids is 3. The third-order valence-electron chi connectivity index (χ3n) is 13.8. The molecule has 0 amide bonds. The highest BCUT2D eigenvalue weighted by Gasteiger charge is 2.19. The van der Waals surface area contributed by atoms with E-state index in [1.165, 1.54) is 161 Å². The van der Waals surface area contributed by atoms with Crippen molar-refractivity contribution >= 4 is 17.9 Å². The van der Waals surface area contributed by atoms with Crippen molar-refractivity contribution in [2.45, 2.75) is 316 Å². The quantitative estimate of drug-likeness (QED) is 0.0261. The Morgan fingerprint density at radius 2 is 0.513 bits per heavy atom. The lowest BCUT2D eigenvalue weighted by molar-refractivity contribution is -0.167. The Balaban J connectivity index is 4.09. The molecule has 0 N–H and O–H groups in total. The molecule has 0 fully saturated rings. The number of hydrogen-bond acceptors (Lipinski definition) is 6. The lowest BCUT2D eigenvalue weighted by atomic mass is 10.0. The molecule has 436 valence electrons. The number of esters is 3. The Kier molecular flexibility index (Phi) is 60.8. The number of rotatable bonds is 58. The molecule has 76 heavy (non-hydrogen) atoms. The predicted octanol–water partition coefficient (Wildman–Crippen LogP) is 22.0. The molecule has 1 unspecified atom stereocenters. The summed E-state index contributed by atoms with van der Waals surface area (Å²) in [5.74, 6) is -0.889. The van der Waals surface area contributed by atoms with Gasteiger partial charge in [0.1, 0.15) is 13.2 Å². The molecule has 0 radical (unpaired) electrons. The van der Waals surface area contributed by atoms with Crippen LogP contribution in [0.2, 0.25) is 0 Å². The Hall–Kier alpha value is -3.67. The second kappa shape index (κ2) is 63.9. The van der Waals surface area contributed by atoms with Crippen LogP contribution in [0.5, 0.6) is 0 Å². The maximum absolute atomic E-state index is 12.8. The van der Waals surface area contributed by atoms with Gasteiger partial charge in [0, 0.05) is 19.3 Å². The summed E-state index contributed by atoms with van der Waals surface area (Å²) in [5.41, 5.74) is 0. The number of allylic oxidation sites excluding steroid dienone is 16. The van der Waals surface area contributed by atoms with Crippen LogP contribution >= 0.6 is 0 Å². The first-order valence-corrected chi connectivity index (χ1v) is 32.2. The van der Waals surface area contributed by atoms with E-state index < -0.39 is 6.10 Å². The zero-order valence-electron chi connectivity index (χ0n) is 50.0. The van der Waals surface area contributed by atoms with Crippen LogP contribution in [0.15, 0.2) is 97.2 Å². The molecule has 0 saturated heterocycles. The molecule has 0 aliphatic heterocycles. The van der Waals surface area contributed by atoms with Crippen LogP contribution in [0.3, 0.4) is 0 Å². The van der Waals surface area contributed by atoms with Crippen molar-refractivity contribution in [3.8, 4) is 0 Å². The first kappa shape index (κ1) is 72.3. The molecule has 0 rings (SSSR count). The smallest absolute Gasteiger partial charge is 0.306 e. The Bertz CT molecular complexity index is 1490. The van der Waals surface area contributed by atoms with E-state index in [2.05, 4.69) is 118 Å². The van der Waals surface area contributed by atoms with Gasteiger partial charge in [-0.1, -0.05) is 285 Å². The molecule has 0 aromatic heterocycles. The van der Waals surface area contributed by atoms with E-state index in [0.29, 0.717) is 19.3 Å². The third kappa shape index (κ3) is 61.2. The van der Waals surface area contributed by atoms with Gasteiger partial charge in [-0.25, -0.2) is 0 Å². The van der Waals surface area contributed by atoms with Gasteiger partial charge in [-0.15, -0.1) is 0 Å². The van der Waals surface area contributed by atoms with Gasteiger partial charge in [0.15, 0.2) is 6.10 Å².